The van der Waals surface area contributed by atoms with E-state index >= 15 is 0 Å². The lowest BCUT2D eigenvalue weighted by Crippen LogP contribution is -2.15. The largest absolute Gasteiger partial charge is 0.379 e. The molecule has 0 rings (SSSR count). The van der Waals surface area contributed by atoms with Crippen LogP contribution >= 0.6 is 22.6 Å². The van der Waals surface area contributed by atoms with Gasteiger partial charge in [0, 0.05) is 6.61 Å². The van der Waals surface area contributed by atoms with Gasteiger partial charge in [-0.05, 0) is 31.1 Å². The highest BCUT2D eigenvalue weighted by molar-refractivity contribution is 14.1. The first-order valence-corrected chi connectivity index (χ1v) is 12.4. The van der Waals surface area contributed by atoms with Crippen molar-refractivity contribution in [1.29, 1.82) is 0 Å². The van der Waals surface area contributed by atoms with Crippen LogP contribution in [0.3, 0.4) is 0 Å². The molecule has 0 unspecified atom stereocenters. The van der Waals surface area contributed by atoms with Crippen molar-refractivity contribution in [2.45, 2.75) is 45.6 Å². The second-order valence-electron chi connectivity index (χ2n) is 6.70. The summed E-state index contributed by atoms with van der Waals surface area (Å²) in [7, 11) is 0. The first-order valence-electron chi connectivity index (χ1n) is 10.9. The lowest BCUT2D eigenvalue weighted by molar-refractivity contribution is -0.0238. The molecule has 0 radical (unpaired) electrons. The number of ether oxygens (including phenoxy) is 7. The van der Waals surface area contributed by atoms with Crippen molar-refractivity contribution in [3.05, 3.63) is 0 Å². The third-order valence-corrected chi connectivity index (χ3v) is 4.47. The maximum atomic E-state index is 5.53. The standard InChI is InChI=1S/C21H43IO7/c1-21(2)29-20-19-28-18-17-27-16-15-26-14-13-25-12-11-24-10-9-23-8-6-4-3-5-7-22/h21H,3-20H2,1-2H3. The third-order valence-electron chi connectivity index (χ3n) is 3.71. The quantitative estimate of drug-likeness (QED) is 0.101. The molecule has 7 nitrogen and oxygen atoms in total. The van der Waals surface area contributed by atoms with Crippen LogP contribution in [0.4, 0.5) is 0 Å². The molecular formula is C21H43IO7. The molecule has 0 amide bonds. The lowest BCUT2D eigenvalue weighted by Gasteiger charge is -2.09. The van der Waals surface area contributed by atoms with E-state index in [9.17, 15) is 0 Å². The summed E-state index contributed by atoms with van der Waals surface area (Å²) in [6, 6.07) is 0. The molecule has 176 valence electrons. The van der Waals surface area contributed by atoms with Crippen LogP contribution in [0.1, 0.15) is 39.5 Å². The van der Waals surface area contributed by atoms with Crippen LogP contribution in [0, 0.1) is 0 Å². The van der Waals surface area contributed by atoms with E-state index in [1.54, 1.807) is 0 Å². The lowest BCUT2D eigenvalue weighted by atomic mass is 10.2. The zero-order valence-corrected chi connectivity index (χ0v) is 20.7. The van der Waals surface area contributed by atoms with E-state index in [1.165, 1.54) is 23.7 Å². The van der Waals surface area contributed by atoms with Crippen LogP contribution in [0.5, 0.6) is 0 Å². The Bertz CT molecular complexity index is 296. The monoisotopic (exact) mass is 534 g/mol. The second-order valence-corrected chi connectivity index (χ2v) is 7.78. The fourth-order valence-corrected chi connectivity index (χ4v) is 2.74. The molecule has 0 atom stereocenters. The first-order chi connectivity index (χ1) is 14.3. The SMILES string of the molecule is CC(C)OCCOCCOCCOCCOCCOCCOCCCCCCI. The van der Waals surface area contributed by atoms with Gasteiger partial charge in [-0.25, -0.2) is 0 Å². The number of hydrogen-bond donors (Lipinski definition) is 0. The van der Waals surface area contributed by atoms with Gasteiger partial charge >= 0.3 is 0 Å². The Labute approximate surface area is 191 Å². The van der Waals surface area contributed by atoms with Gasteiger partial charge in [0.2, 0.25) is 0 Å². The van der Waals surface area contributed by atoms with E-state index in [0.717, 1.165) is 13.0 Å². The summed E-state index contributed by atoms with van der Waals surface area (Å²) >= 11 is 2.42. The Hall–Kier alpha value is 0.450. The van der Waals surface area contributed by atoms with Crippen LogP contribution in [0.25, 0.3) is 0 Å². The van der Waals surface area contributed by atoms with Gasteiger partial charge in [-0.1, -0.05) is 35.4 Å². The molecule has 0 spiro atoms. The summed E-state index contributed by atoms with van der Waals surface area (Å²) in [6.07, 6.45) is 5.27. The maximum Gasteiger partial charge on any atom is 0.0703 e. The molecular weight excluding hydrogens is 491 g/mol. The molecule has 0 aliphatic heterocycles. The van der Waals surface area contributed by atoms with E-state index < -0.39 is 0 Å². The average Bonchev–Trinajstić information content (AvgIpc) is 2.71. The summed E-state index contributed by atoms with van der Waals surface area (Å²) in [6.45, 7) is 11.9. The van der Waals surface area contributed by atoms with Crippen molar-refractivity contribution in [1.82, 2.24) is 0 Å². The van der Waals surface area contributed by atoms with Crippen LogP contribution in [-0.2, 0) is 33.2 Å². The summed E-state index contributed by atoms with van der Waals surface area (Å²) in [5, 5.41) is 0. The third kappa shape index (κ3) is 28.4. The zero-order valence-electron chi connectivity index (χ0n) is 18.5. The molecule has 29 heavy (non-hydrogen) atoms. The highest BCUT2D eigenvalue weighted by atomic mass is 127. The van der Waals surface area contributed by atoms with Crippen molar-refractivity contribution in [3.63, 3.8) is 0 Å². The van der Waals surface area contributed by atoms with E-state index in [2.05, 4.69) is 22.6 Å². The Morgan fingerprint density at radius 3 is 1.17 bits per heavy atom. The molecule has 0 fully saturated rings. The van der Waals surface area contributed by atoms with Gasteiger partial charge in [0.25, 0.3) is 0 Å². The van der Waals surface area contributed by atoms with Crippen molar-refractivity contribution in [2.24, 2.45) is 0 Å². The van der Waals surface area contributed by atoms with Gasteiger partial charge < -0.3 is 33.2 Å². The van der Waals surface area contributed by atoms with Gasteiger partial charge in [0.05, 0.1) is 85.4 Å². The van der Waals surface area contributed by atoms with Crippen LogP contribution in [-0.4, -0.2) is 96.4 Å². The molecule has 0 bridgehead atoms. The van der Waals surface area contributed by atoms with Gasteiger partial charge in [0.1, 0.15) is 0 Å². The Morgan fingerprint density at radius 2 is 0.793 bits per heavy atom. The smallest absolute Gasteiger partial charge is 0.0703 e. The Morgan fingerprint density at radius 1 is 0.448 bits per heavy atom. The van der Waals surface area contributed by atoms with Crippen molar-refractivity contribution in [3.8, 4) is 0 Å². The molecule has 0 saturated carbocycles. The predicted molar refractivity (Wildman–Crippen MR) is 123 cm³/mol. The molecule has 0 saturated heterocycles. The van der Waals surface area contributed by atoms with E-state index in [-0.39, 0.29) is 6.10 Å². The maximum absolute atomic E-state index is 5.53. The van der Waals surface area contributed by atoms with Gasteiger partial charge in [0.15, 0.2) is 0 Å². The fraction of sp³-hybridized carbons (Fsp3) is 1.00. The first kappa shape index (κ1) is 29.5. The number of unbranched alkanes of at least 4 members (excludes halogenated alkanes) is 3. The normalized spacial score (nSPS) is 11.6. The summed E-state index contributed by atoms with van der Waals surface area (Å²) < 4.78 is 39.3. The molecule has 0 aromatic rings. The molecule has 0 aromatic heterocycles. The number of hydrogen-bond acceptors (Lipinski definition) is 7. The Balaban J connectivity index is 2.98. The van der Waals surface area contributed by atoms with E-state index in [4.69, 9.17) is 33.2 Å². The molecule has 8 heteroatoms. The fourth-order valence-electron chi connectivity index (χ4n) is 2.20. The molecule has 0 N–H and O–H groups in total. The van der Waals surface area contributed by atoms with Crippen LogP contribution in [0.15, 0.2) is 0 Å². The summed E-state index contributed by atoms with van der Waals surface area (Å²) in [5.41, 5.74) is 0. The van der Waals surface area contributed by atoms with Crippen LogP contribution in [0.2, 0.25) is 0 Å². The highest BCUT2D eigenvalue weighted by Crippen LogP contribution is 2.02. The molecule has 0 aliphatic carbocycles. The summed E-state index contributed by atoms with van der Waals surface area (Å²) in [5.74, 6) is 0. The van der Waals surface area contributed by atoms with Crippen LogP contribution < -0.4 is 0 Å². The highest BCUT2D eigenvalue weighted by Gasteiger charge is 1.95. The van der Waals surface area contributed by atoms with Crippen molar-refractivity contribution in [2.75, 3.05) is 90.3 Å². The van der Waals surface area contributed by atoms with Crippen molar-refractivity contribution >= 4 is 22.6 Å². The van der Waals surface area contributed by atoms with E-state index in [1.807, 2.05) is 13.8 Å². The zero-order chi connectivity index (χ0) is 21.3. The number of rotatable bonds is 25. The minimum atomic E-state index is 0.248. The van der Waals surface area contributed by atoms with Gasteiger partial charge in [-0.15, -0.1) is 0 Å². The van der Waals surface area contributed by atoms with E-state index in [0.29, 0.717) is 79.3 Å². The summed E-state index contributed by atoms with van der Waals surface area (Å²) in [4.78, 5) is 0. The average molecular weight is 534 g/mol. The number of halogens is 1. The second kappa shape index (κ2) is 26.5. The molecule has 0 heterocycles. The molecule has 0 aromatic carbocycles. The topological polar surface area (TPSA) is 64.6 Å². The minimum Gasteiger partial charge on any atom is -0.379 e. The van der Waals surface area contributed by atoms with Gasteiger partial charge in [-0.2, -0.15) is 0 Å². The number of alkyl halides is 1. The Kier molecular flexibility index (Phi) is 26.9. The predicted octanol–water partition coefficient (Wildman–Crippen LogP) is 3.51. The van der Waals surface area contributed by atoms with Crippen molar-refractivity contribution < 1.29 is 33.2 Å². The minimum absolute atomic E-state index is 0.248. The molecule has 0 aliphatic rings. The van der Waals surface area contributed by atoms with Gasteiger partial charge in [-0.3, -0.25) is 0 Å².